The van der Waals surface area contributed by atoms with Gasteiger partial charge in [-0.2, -0.15) is 0 Å². The second-order valence-electron chi connectivity index (χ2n) is 5.17. The minimum Gasteiger partial charge on any atom is -0.481 e. The Kier molecular flexibility index (Phi) is 4.86. The molecule has 0 spiro atoms. The first-order valence-corrected chi connectivity index (χ1v) is 7.67. The van der Waals surface area contributed by atoms with Crippen LogP contribution in [0.1, 0.15) is 36.7 Å². The summed E-state index contributed by atoms with van der Waals surface area (Å²) in [4.78, 5) is 24.9. The average Bonchev–Trinajstić information content (AvgIpc) is 3.01. The smallest absolute Gasteiger partial charge is 0.303 e. The van der Waals surface area contributed by atoms with Crippen LogP contribution in [0.2, 0.25) is 0 Å². The number of amides is 1. The zero-order valence-corrected chi connectivity index (χ0v) is 13.1. The molecule has 2 rings (SSSR count). The molecule has 2 heterocycles. The molecule has 6 heteroatoms. The molecule has 1 saturated heterocycles. The summed E-state index contributed by atoms with van der Waals surface area (Å²) in [5, 5.41) is 8.71. The van der Waals surface area contributed by atoms with E-state index in [1.165, 1.54) is 0 Å². The van der Waals surface area contributed by atoms with Crippen LogP contribution in [0.3, 0.4) is 0 Å². The van der Waals surface area contributed by atoms with Crippen molar-refractivity contribution >= 4 is 27.8 Å². The number of hydrogen-bond donors (Lipinski definition) is 1. The van der Waals surface area contributed by atoms with Crippen LogP contribution in [-0.2, 0) is 11.3 Å². The highest BCUT2D eigenvalue weighted by molar-refractivity contribution is 9.10. The van der Waals surface area contributed by atoms with Gasteiger partial charge in [-0.3, -0.25) is 9.59 Å². The molecular weight excluding hydrogens is 324 g/mol. The first kappa shape index (κ1) is 15.1. The fraction of sp³-hybridized carbons (Fsp3) is 0.571. The van der Waals surface area contributed by atoms with Gasteiger partial charge in [-0.15, -0.1) is 0 Å². The predicted octanol–water partition coefficient (Wildman–Crippen LogP) is 2.60. The maximum Gasteiger partial charge on any atom is 0.303 e. The standard InChI is InChI=1S/C14H19BrN2O3/c1-2-16-9-11(15)7-12(16)14(20)17-6-5-10(8-17)3-4-13(18)19/h7,9-10H,2-6,8H2,1H3,(H,18,19). The van der Waals surface area contributed by atoms with Crippen molar-refractivity contribution in [2.75, 3.05) is 13.1 Å². The Hall–Kier alpha value is -1.30. The van der Waals surface area contributed by atoms with Gasteiger partial charge >= 0.3 is 5.97 Å². The molecule has 20 heavy (non-hydrogen) atoms. The fourth-order valence-electron chi connectivity index (χ4n) is 2.66. The summed E-state index contributed by atoms with van der Waals surface area (Å²) in [6.07, 6.45) is 3.64. The number of nitrogens with zero attached hydrogens (tertiary/aromatic N) is 2. The van der Waals surface area contributed by atoms with E-state index >= 15 is 0 Å². The molecule has 1 aromatic heterocycles. The van der Waals surface area contributed by atoms with Gasteiger partial charge in [-0.1, -0.05) is 0 Å². The molecule has 0 saturated carbocycles. The number of carboxylic acid groups (broad SMARTS) is 1. The highest BCUT2D eigenvalue weighted by Gasteiger charge is 2.28. The number of carbonyl (C=O) groups is 2. The number of carbonyl (C=O) groups excluding carboxylic acids is 1. The summed E-state index contributed by atoms with van der Waals surface area (Å²) in [5.41, 5.74) is 0.693. The molecule has 1 aliphatic rings. The Morgan fingerprint density at radius 2 is 2.25 bits per heavy atom. The van der Waals surface area contributed by atoms with Gasteiger partial charge in [0.2, 0.25) is 0 Å². The van der Waals surface area contributed by atoms with Gasteiger partial charge < -0.3 is 14.6 Å². The maximum atomic E-state index is 12.5. The van der Waals surface area contributed by atoms with Crippen LogP contribution in [0.4, 0.5) is 0 Å². The van der Waals surface area contributed by atoms with Crippen molar-refractivity contribution in [2.45, 2.75) is 32.7 Å². The maximum absolute atomic E-state index is 12.5. The number of likely N-dealkylation sites (tertiary alicyclic amines) is 1. The first-order valence-electron chi connectivity index (χ1n) is 6.88. The van der Waals surface area contributed by atoms with Crippen LogP contribution in [0, 0.1) is 5.92 Å². The summed E-state index contributed by atoms with van der Waals surface area (Å²) in [5.74, 6) is -0.419. The number of hydrogen-bond acceptors (Lipinski definition) is 2. The number of carboxylic acids is 1. The van der Waals surface area contributed by atoms with E-state index in [9.17, 15) is 9.59 Å². The number of aryl methyl sites for hydroxylation is 1. The van der Waals surface area contributed by atoms with Gasteiger partial charge in [0.1, 0.15) is 5.69 Å². The molecule has 1 atom stereocenters. The molecule has 1 aromatic rings. The van der Waals surface area contributed by atoms with Crippen molar-refractivity contribution in [1.82, 2.24) is 9.47 Å². The van der Waals surface area contributed by atoms with E-state index in [1.807, 2.05) is 28.7 Å². The number of aliphatic carboxylic acids is 1. The third kappa shape index (κ3) is 3.42. The van der Waals surface area contributed by atoms with Crippen LogP contribution >= 0.6 is 15.9 Å². The Labute approximate surface area is 126 Å². The zero-order chi connectivity index (χ0) is 14.7. The first-order chi connectivity index (χ1) is 9.51. The third-order valence-electron chi connectivity index (χ3n) is 3.76. The van der Waals surface area contributed by atoms with Crippen LogP contribution in [0.25, 0.3) is 0 Å². The van der Waals surface area contributed by atoms with Crippen molar-refractivity contribution < 1.29 is 14.7 Å². The van der Waals surface area contributed by atoms with E-state index in [1.54, 1.807) is 0 Å². The van der Waals surface area contributed by atoms with Gasteiger partial charge in [0.25, 0.3) is 5.91 Å². The molecule has 0 radical (unpaired) electrons. The molecule has 0 bridgehead atoms. The number of halogens is 1. The summed E-state index contributed by atoms with van der Waals surface area (Å²) < 4.78 is 2.83. The summed E-state index contributed by atoms with van der Waals surface area (Å²) in [6, 6.07) is 1.84. The van der Waals surface area contributed by atoms with E-state index in [4.69, 9.17) is 5.11 Å². The second kappa shape index (κ2) is 6.43. The SMILES string of the molecule is CCn1cc(Br)cc1C(=O)N1CCC(CCC(=O)O)C1. The van der Waals surface area contributed by atoms with E-state index in [0.29, 0.717) is 24.6 Å². The molecule has 5 nitrogen and oxygen atoms in total. The minimum absolute atomic E-state index is 0.0374. The lowest BCUT2D eigenvalue weighted by Gasteiger charge is -2.17. The normalized spacial score (nSPS) is 18.5. The molecule has 110 valence electrons. The summed E-state index contributed by atoms with van der Waals surface area (Å²) in [6.45, 7) is 4.14. The summed E-state index contributed by atoms with van der Waals surface area (Å²) in [7, 11) is 0. The Balaban J connectivity index is 1.98. The highest BCUT2D eigenvalue weighted by Crippen LogP contribution is 2.24. The van der Waals surface area contributed by atoms with Gasteiger partial charge in [-0.25, -0.2) is 0 Å². The Morgan fingerprint density at radius 3 is 2.90 bits per heavy atom. The minimum atomic E-state index is -0.765. The van der Waals surface area contributed by atoms with Crippen LogP contribution in [0.5, 0.6) is 0 Å². The topological polar surface area (TPSA) is 62.5 Å². The molecule has 1 amide bonds. The van der Waals surface area contributed by atoms with Crippen LogP contribution < -0.4 is 0 Å². The third-order valence-corrected chi connectivity index (χ3v) is 4.20. The quantitative estimate of drug-likeness (QED) is 0.894. The van der Waals surface area contributed by atoms with E-state index in [-0.39, 0.29) is 12.3 Å². The van der Waals surface area contributed by atoms with Gasteiger partial charge in [0.15, 0.2) is 0 Å². The lowest BCUT2D eigenvalue weighted by molar-refractivity contribution is -0.137. The van der Waals surface area contributed by atoms with Crippen molar-refractivity contribution in [3.8, 4) is 0 Å². The molecular formula is C14H19BrN2O3. The summed E-state index contributed by atoms with van der Waals surface area (Å²) >= 11 is 3.40. The molecule has 0 aliphatic carbocycles. The van der Waals surface area contributed by atoms with Crippen molar-refractivity contribution in [3.05, 3.63) is 22.4 Å². The lowest BCUT2D eigenvalue weighted by Crippen LogP contribution is -2.30. The van der Waals surface area contributed by atoms with Crippen LogP contribution in [-0.4, -0.2) is 39.5 Å². The largest absolute Gasteiger partial charge is 0.481 e. The average molecular weight is 343 g/mol. The highest BCUT2D eigenvalue weighted by atomic mass is 79.9. The monoisotopic (exact) mass is 342 g/mol. The van der Waals surface area contributed by atoms with E-state index < -0.39 is 5.97 Å². The van der Waals surface area contributed by atoms with Gasteiger partial charge in [0, 0.05) is 36.7 Å². The zero-order valence-electron chi connectivity index (χ0n) is 11.5. The second-order valence-corrected chi connectivity index (χ2v) is 6.08. The number of aromatic nitrogens is 1. The van der Waals surface area contributed by atoms with Crippen molar-refractivity contribution in [2.24, 2.45) is 5.92 Å². The van der Waals surface area contributed by atoms with Crippen molar-refractivity contribution in [3.63, 3.8) is 0 Å². The van der Waals surface area contributed by atoms with E-state index in [2.05, 4.69) is 15.9 Å². The molecule has 1 aliphatic heterocycles. The fourth-order valence-corrected chi connectivity index (χ4v) is 3.12. The number of rotatable bonds is 5. The predicted molar refractivity (Wildman–Crippen MR) is 78.7 cm³/mol. The molecule has 1 unspecified atom stereocenters. The Morgan fingerprint density at radius 1 is 1.50 bits per heavy atom. The molecule has 1 N–H and O–H groups in total. The molecule has 0 aromatic carbocycles. The van der Waals surface area contributed by atoms with Crippen LogP contribution in [0.15, 0.2) is 16.7 Å². The lowest BCUT2D eigenvalue weighted by atomic mass is 10.0. The Bertz CT molecular complexity index is 513. The van der Waals surface area contributed by atoms with Crippen molar-refractivity contribution in [1.29, 1.82) is 0 Å². The van der Waals surface area contributed by atoms with Gasteiger partial charge in [-0.05, 0) is 47.7 Å². The molecule has 1 fully saturated rings. The van der Waals surface area contributed by atoms with E-state index in [0.717, 1.165) is 24.0 Å². The van der Waals surface area contributed by atoms with Gasteiger partial charge in [0.05, 0.1) is 0 Å².